The van der Waals surface area contributed by atoms with Gasteiger partial charge in [-0.05, 0) is 37.1 Å². The first-order chi connectivity index (χ1) is 12.0. The van der Waals surface area contributed by atoms with Crippen LogP contribution in [0.5, 0.6) is 5.75 Å². The molecule has 25 heavy (non-hydrogen) atoms. The molecule has 0 aliphatic carbocycles. The van der Waals surface area contributed by atoms with Gasteiger partial charge in [-0.2, -0.15) is 5.10 Å². The average Bonchev–Trinajstić information content (AvgIpc) is 2.61. The molecule has 0 spiro atoms. The molecule has 4 nitrogen and oxygen atoms in total. The zero-order valence-electron chi connectivity index (χ0n) is 14.1. The zero-order chi connectivity index (χ0) is 18.2. The fourth-order valence-electron chi connectivity index (χ4n) is 2.16. The van der Waals surface area contributed by atoms with E-state index in [1.54, 1.807) is 25.1 Å². The number of ether oxygens (including phenoxy) is 1. The predicted molar refractivity (Wildman–Crippen MR) is 103 cm³/mol. The Bertz CT molecular complexity index is 748. The quantitative estimate of drug-likeness (QED) is 0.539. The summed E-state index contributed by atoms with van der Waals surface area (Å²) in [4.78, 5) is 12.3. The van der Waals surface area contributed by atoms with Crippen LogP contribution in [0, 0.1) is 0 Å². The van der Waals surface area contributed by atoms with Gasteiger partial charge in [0.15, 0.2) is 6.10 Å². The maximum atomic E-state index is 12.3. The van der Waals surface area contributed by atoms with Crippen LogP contribution < -0.4 is 10.2 Å². The van der Waals surface area contributed by atoms with Crippen LogP contribution >= 0.6 is 23.2 Å². The highest BCUT2D eigenvalue weighted by Crippen LogP contribution is 2.28. The summed E-state index contributed by atoms with van der Waals surface area (Å²) < 4.78 is 5.59. The lowest BCUT2D eigenvalue weighted by Crippen LogP contribution is -2.34. The molecule has 0 aliphatic heterocycles. The summed E-state index contributed by atoms with van der Waals surface area (Å²) in [6.45, 7) is 3.70. The number of carbonyl (C=O) groups excluding carboxylic acids is 1. The topological polar surface area (TPSA) is 50.7 Å². The lowest BCUT2D eigenvalue weighted by Gasteiger charge is -2.15. The van der Waals surface area contributed by atoms with Gasteiger partial charge in [0.05, 0.1) is 10.7 Å². The van der Waals surface area contributed by atoms with Crippen molar-refractivity contribution in [1.29, 1.82) is 0 Å². The van der Waals surface area contributed by atoms with E-state index in [0.29, 0.717) is 15.8 Å². The van der Waals surface area contributed by atoms with Crippen LogP contribution in [-0.2, 0) is 4.79 Å². The molecule has 1 atom stereocenters. The van der Waals surface area contributed by atoms with Crippen molar-refractivity contribution in [3.63, 3.8) is 0 Å². The average molecular weight is 379 g/mol. The third-order valence-corrected chi connectivity index (χ3v) is 3.99. The first kappa shape index (κ1) is 19.3. The van der Waals surface area contributed by atoms with Gasteiger partial charge < -0.3 is 4.74 Å². The highest BCUT2D eigenvalue weighted by Gasteiger charge is 2.16. The molecule has 0 aromatic heterocycles. The smallest absolute Gasteiger partial charge is 0.280 e. The van der Waals surface area contributed by atoms with Gasteiger partial charge in [0, 0.05) is 5.02 Å². The highest BCUT2D eigenvalue weighted by atomic mass is 35.5. The van der Waals surface area contributed by atoms with E-state index in [-0.39, 0.29) is 5.91 Å². The van der Waals surface area contributed by atoms with Gasteiger partial charge in [0.2, 0.25) is 0 Å². The molecule has 2 aromatic carbocycles. The standard InChI is InChI=1S/C19H20Cl2N2O2/c1-3-7-17(14-8-5-4-6-9-14)22-23-19(24)13(2)25-18-11-10-15(20)12-16(18)21/h4-6,8-13H,3,7H2,1-2H3,(H,23,24). The van der Waals surface area contributed by atoms with Gasteiger partial charge in [0.1, 0.15) is 5.75 Å². The molecule has 2 aromatic rings. The third kappa shape index (κ3) is 5.76. The number of rotatable bonds is 7. The van der Waals surface area contributed by atoms with Crippen molar-refractivity contribution >= 4 is 34.8 Å². The summed E-state index contributed by atoms with van der Waals surface area (Å²) in [6, 6.07) is 14.6. The van der Waals surface area contributed by atoms with Crippen LogP contribution in [0.3, 0.4) is 0 Å². The molecule has 0 aliphatic rings. The maximum absolute atomic E-state index is 12.3. The molecule has 0 saturated heterocycles. The molecular formula is C19H20Cl2N2O2. The molecule has 1 unspecified atom stereocenters. The van der Waals surface area contributed by atoms with E-state index in [0.717, 1.165) is 24.1 Å². The molecule has 1 N–H and O–H groups in total. The number of benzene rings is 2. The Hall–Kier alpha value is -2.04. The molecule has 0 bridgehead atoms. The molecule has 1 amide bonds. The number of hydrogen-bond donors (Lipinski definition) is 1. The van der Waals surface area contributed by atoms with Crippen LogP contribution in [0.15, 0.2) is 53.6 Å². The minimum Gasteiger partial charge on any atom is -0.479 e. The number of amides is 1. The maximum Gasteiger partial charge on any atom is 0.280 e. The van der Waals surface area contributed by atoms with Crippen molar-refractivity contribution in [2.24, 2.45) is 5.10 Å². The van der Waals surface area contributed by atoms with Crippen LogP contribution in [0.25, 0.3) is 0 Å². The van der Waals surface area contributed by atoms with E-state index in [9.17, 15) is 4.79 Å². The van der Waals surface area contributed by atoms with Crippen molar-refractivity contribution in [1.82, 2.24) is 5.43 Å². The van der Waals surface area contributed by atoms with Crippen LogP contribution in [0.2, 0.25) is 10.0 Å². The first-order valence-electron chi connectivity index (χ1n) is 8.04. The van der Waals surface area contributed by atoms with Crippen molar-refractivity contribution < 1.29 is 9.53 Å². The molecule has 0 saturated carbocycles. The molecule has 0 radical (unpaired) electrons. The van der Waals surface area contributed by atoms with E-state index in [2.05, 4.69) is 17.5 Å². The van der Waals surface area contributed by atoms with E-state index in [1.165, 1.54) is 0 Å². The zero-order valence-corrected chi connectivity index (χ0v) is 15.6. The van der Waals surface area contributed by atoms with Gasteiger partial charge in [-0.15, -0.1) is 0 Å². The summed E-state index contributed by atoms with van der Waals surface area (Å²) in [5.41, 5.74) is 4.38. The minimum atomic E-state index is -0.749. The molecule has 132 valence electrons. The monoisotopic (exact) mass is 378 g/mol. The van der Waals surface area contributed by atoms with E-state index in [4.69, 9.17) is 27.9 Å². The molecule has 0 fully saturated rings. The Morgan fingerprint density at radius 2 is 1.92 bits per heavy atom. The van der Waals surface area contributed by atoms with Gasteiger partial charge in [0.25, 0.3) is 5.91 Å². The first-order valence-corrected chi connectivity index (χ1v) is 8.80. The summed E-state index contributed by atoms with van der Waals surface area (Å²) in [7, 11) is 0. The second-order valence-corrected chi connectivity index (χ2v) is 6.33. The molecule has 6 heteroatoms. The largest absolute Gasteiger partial charge is 0.479 e. The van der Waals surface area contributed by atoms with Crippen molar-refractivity contribution in [3.05, 3.63) is 64.1 Å². The number of halogens is 2. The van der Waals surface area contributed by atoms with Crippen LogP contribution in [-0.4, -0.2) is 17.7 Å². The Kier molecular flexibility index (Phi) is 7.29. The second kappa shape index (κ2) is 9.44. The van der Waals surface area contributed by atoms with Crippen LogP contribution in [0.4, 0.5) is 0 Å². The number of carbonyl (C=O) groups is 1. The van der Waals surface area contributed by atoms with E-state index < -0.39 is 6.10 Å². The third-order valence-electron chi connectivity index (χ3n) is 3.46. The van der Waals surface area contributed by atoms with Gasteiger partial charge in [-0.1, -0.05) is 66.9 Å². The van der Waals surface area contributed by atoms with Crippen LogP contribution in [0.1, 0.15) is 32.3 Å². The second-order valence-electron chi connectivity index (χ2n) is 5.49. The summed E-state index contributed by atoms with van der Waals surface area (Å²) in [5, 5.41) is 5.12. The SMILES string of the molecule is CCCC(=NNC(=O)C(C)Oc1ccc(Cl)cc1Cl)c1ccccc1. The fourth-order valence-corrected chi connectivity index (χ4v) is 2.61. The number of nitrogens with zero attached hydrogens (tertiary/aromatic N) is 1. The van der Waals surface area contributed by atoms with Gasteiger partial charge in [-0.25, -0.2) is 5.43 Å². The van der Waals surface area contributed by atoms with Crippen molar-refractivity contribution in [3.8, 4) is 5.75 Å². The van der Waals surface area contributed by atoms with Gasteiger partial charge in [-0.3, -0.25) is 4.79 Å². The number of hydrazone groups is 1. The lowest BCUT2D eigenvalue weighted by atomic mass is 10.1. The minimum absolute atomic E-state index is 0.351. The number of hydrogen-bond acceptors (Lipinski definition) is 3. The number of nitrogens with one attached hydrogen (secondary N) is 1. The van der Waals surface area contributed by atoms with Crippen molar-refractivity contribution in [2.45, 2.75) is 32.8 Å². The Morgan fingerprint density at radius 1 is 1.20 bits per heavy atom. The highest BCUT2D eigenvalue weighted by molar-refractivity contribution is 6.35. The predicted octanol–water partition coefficient (Wildman–Crippen LogP) is 5.08. The Morgan fingerprint density at radius 3 is 2.56 bits per heavy atom. The Balaban J connectivity index is 2.03. The normalized spacial score (nSPS) is 12.6. The van der Waals surface area contributed by atoms with E-state index in [1.807, 2.05) is 30.3 Å². The lowest BCUT2D eigenvalue weighted by molar-refractivity contribution is -0.127. The van der Waals surface area contributed by atoms with Crippen molar-refractivity contribution in [2.75, 3.05) is 0 Å². The summed E-state index contributed by atoms with van der Waals surface area (Å²) >= 11 is 11.9. The van der Waals surface area contributed by atoms with Gasteiger partial charge >= 0.3 is 0 Å². The Labute approximate surface area is 157 Å². The van der Waals surface area contributed by atoms with E-state index >= 15 is 0 Å². The summed E-state index contributed by atoms with van der Waals surface area (Å²) in [5.74, 6) is 0.0464. The summed E-state index contributed by atoms with van der Waals surface area (Å²) in [6.07, 6.45) is 0.944. The fraction of sp³-hybridized carbons (Fsp3) is 0.263. The molecule has 0 heterocycles. The molecular weight excluding hydrogens is 359 g/mol. The molecule has 2 rings (SSSR count).